The lowest BCUT2D eigenvalue weighted by molar-refractivity contribution is 0.718. The van der Waals surface area contributed by atoms with Crippen LogP contribution < -0.4 is 5.73 Å². The third kappa shape index (κ3) is 2.07. The molecule has 0 amide bonds. The van der Waals surface area contributed by atoms with Crippen LogP contribution in [0.1, 0.15) is 11.4 Å². The van der Waals surface area contributed by atoms with E-state index in [-0.39, 0.29) is 0 Å². The van der Waals surface area contributed by atoms with Crippen molar-refractivity contribution in [2.24, 2.45) is 12.8 Å². The first-order valence-electron chi connectivity index (χ1n) is 5.10. The molecule has 0 saturated carbocycles. The van der Waals surface area contributed by atoms with Crippen molar-refractivity contribution >= 4 is 27.3 Å². The Morgan fingerprint density at radius 1 is 1.56 bits per heavy atom. The third-order valence-electron chi connectivity index (χ3n) is 2.60. The summed E-state index contributed by atoms with van der Waals surface area (Å²) in [7, 11) is 1.97. The zero-order valence-electron chi connectivity index (χ0n) is 9.33. The van der Waals surface area contributed by atoms with Crippen molar-refractivity contribution in [2.45, 2.75) is 13.3 Å². The predicted octanol–water partition coefficient (Wildman–Crippen LogP) is 2.72. The average molecular weight is 300 g/mol. The van der Waals surface area contributed by atoms with Crippen molar-refractivity contribution in [1.82, 2.24) is 9.78 Å². The SMILES string of the molecule is Cc1c(-c2cc(Br)cs2)c(CCN)nn1C. The second-order valence-corrected chi connectivity index (χ2v) is 5.53. The van der Waals surface area contributed by atoms with Crippen LogP contribution in [0.5, 0.6) is 0 Å². The Morgan fingerprint density at radius 2 is 2.31 bits per heavy atom. The van der Waals surface area contributed by atoms with E-state index in [0.29, 0.717) is 6.54 Å². The average Bonchev–Trinajstić information content (AvgIpc) is 2.74. The molecular formula is C11H14BrN3S. The number of thiophene rings is 1. The molecule has 0 aromatic carbocycles. The van der Waals surface area contributed by atoms with Crippen molar-refractivity contribution in [3.63, 3.8) is 0 Å². The Morgan fingerprint density at radius 3 is 2.88 bits per heavy atom. The molecule has 0 atom stereocenters. The normalized spacial score (nSPS) is 11.0. The molecule has 2 rings (SSSR count). The molecule has 0 aliphatic carbocycles. The van der Waals surface area contributed by atoms with Crippen LogP contribution in [0.4, 0.5) is 0 Å². The van der Waals surface area contributed by atoms with Gasteiger partial charge in [0.25, 0.3) is 0 Å². The van der Waals surface area contributed by atoms with Crippen molar-refractivity contribution in [3.05, 3.63) is 27.3 Å². The standard InChI is InChI=1S/C11H14BrN3S/c1-7-11(10-5-8(12)6-16-10)9(3-4-13)14-15(7)2/h5-6H,3-4,13H2,1-2H3. The van der Waals surface area contributed by atoms with Crippen molar-refractivity contribution in [1.29, 1.82) is 0 Å². The van der Waals surface area contributed by atoms with E-state index in [1.807, 2.05) is 11.7 Å². The lowest BCUT2D eigenvalue weighted by Gasteiger charge is -1.99. The van der Waals surface area contributed by atoms with E-state index in [2.05, 4.69) is 39.4 Å². The topological polar surface area (TPSA) is 43.8 Å². The number of nitrogens with zero attached hydrogens (tertiary/aromatic N) is 2. The highest BCUT2D eigenvalue weighted by molar-refractivity contribution is 9.10. The molecule has 0 spiro atoms. The molecule has 0 aliphatic rings. The van der Waals surface area contributed by atoms with Gasteiger partial charge in [0.2, 0.25) is 0 Å². The first-order chi connectivity index (χ1) is 7.63. The predicted molar refractivity (Wildman–Crippen MR) is 71.7 cm³/mol. The Balaban J connectivity index is 2.53. The monoisotopic (exact) mass is 299 g/mol. The maximum Gasteiger partial charge on any atom is 0.0726 e. The van der Waals surface area contributed by atoms with Gasteiger partial charge in [0.05, 0.1) is 5.69 Å². The highest BCUT2D eigenvalue weighted by Gasteiger charge is 2.15. The molecule has 3 nitrogen and oxygen atoms in total. The number of aryl methyl sites for hydroxylation is 1. The summed E-state index contributed by atoms with van der Waals surface area (Å²) in [4.78, 5) is 1.25. The van der Waals surface area contributed by atoms with Crippen LogP contribution in [-0.2, 0) is 13.5 Å². The van der Waals surface area contributed by atoms with Gasteiger partial charge in [0.1, 0.15) is 0 Å². The van der Waals surface area contributed by atoms with Crippen LogP contribution in [0.15, 0.2) is 15.9 Å². The Labute approximate surface area is 107 Å². The first-order valence-corrected chi connectivity index (χ1v) is 6.77. The number of rotatable bonds is 3. The van der Waals surface area contributed by atoms with Gasteiger partial charge in [-0.05, 0) is 35.5 Å². The third-order valence-corrected chi connectivity index (χ3v) is 4.31. The van der Waals surface area contributed by atoms with Gasteiger partial charge in [-0.25, -0.2) is 0 Å². The number of aromatic nitrogens is 2. The van der Waals surface area contributed by atoms with Gasteiger partial charge in [-0.3, -0.25) is 4.68 Å². The van der Waals surface area contributed by atoms with Gasteiger partial charge < -0.3 is 5.73 Å². The van der Waals surface area contributed by atoms with E-state index >= 15 is 0 Å². The second-order valence-electron chi connectivity index (χ2n) is 3.70. The molecule has 86 valence electrons. The molecule has 2 aromatic heterocycles. The van der Waals surface area contributed by atoms with Crippen LogP contribution in [0, 0.1) is 6.92 Å². The molecule has 5 heteroatoms. The van der Waals surface area contributed by atoms with Crippen molar-refractivity contribution < 1.29 is 0 Å². The van der Waals surface area contributed by atoms with Crippen molar-refractivity contribution in [2.75, 3.05) is 6.54 Å². The maximum atomic E-state index is 5.62. The quantitative estimate of drug-likeness (QED) is 0.947. The number of hydrogen-bond acceptors (Lipinski definition) is 3. The summed E-state index contributed by atoms with van der Waals surface area (Å²) < 4.78 is 3.04. The van der Waals surface area contributed by atoms with Gasteiger partial charge in [-0.1, -0.05) is 0 Å². The molecule has 0 unspecified atom stereocenters. The van der Waals surface area contributed by atoms with E-state index in [9.17, 15) is 0 Å². The Kier molecular flexibility index (Phi) is 3.47. The lowest BCUT2D eigenvalue weighted by atomic mass is 10.1. The summed E-state index contributed by atoms with van der Waals surface area (Å²) in [5.74, 6) is 0. The summed E-state index contributed by atoms with van der Waals surface area (Å²) in [5, 5.41) is 6.60. The summed E-state index contributed by atoms with van der Waals surface area (Å²) in [6.07, 6.45) is 0.826. The molecule has 0 bridgehead atoms. The molecular weight excluding hydrogens is 286 g/mol. The second kappa shape index (κ2) is 4.69. The molecule has 0 aliphatic heterocycles. The molecule has 2 N–H and O–H groups in total. The zero-order chi connectivity index (χ0) is 11.7. The highest BCUT2D eigenvalue weighted by Crippen LogP contribution is 2.34. The van der Waals surface area contributed by atoms with Crippen LogP contribution >= 0.6 is 27.3 Å². The Hall–Kier alpha value is -0.650. The number of nitrogens with two attached hydrogens (primary N) is 1. The van der Waals surface area contributed by atoms with Gasteiger partial charge >= 0.3 is 0 Å². The summed E-state index contributed by atoms with van der Waals surface area (Å²) in [6.45, 7) is 2.73. The number of halogens is 1. The van der Waals surface area contributed by atoms with Crippen molar-refractivity contribution in [3.8, 4) is 10.4 Å². The molecule has 0 fully saturated rings. The summed E-state index contributed by atoms with van der Waals surface area (Å²) in [5.41, 5.74) is 9.14. The molecule has 0 saturated heterocycles. The van der Waals surface area contributed by atoms with Gasteiger partial charge in [-0.15, -0.1) is 11.3 Å². The summed E-state index contributed by atoms with van der Waals surface area (Å²) >= 11 is 5.21. The minimum Gasteiger partial charge on any atom is -0.330 e. The minimum atomic E-state index is 0.635. The fourth-order valence-corrected chi connectivity index (χ4v) is 3.30. The molecule has 16 heavy (non-hydrogen) atoms. The molecule has 2 aromatic rings. The fraction of sp³-hybridized carbons (Fsp3) is 0.364. The van der Waals surface area contributed by atoms with Crippen LogP contribution in [0.2, 0.25) is 0 Å². The van der Waals surface area contributed by atoms with E-state index < -0.39 is 0 Å². The highest BCUT2D eigenvalue weighted by atomic mass is 79.9. The van der Waals surface area contributed by atoms with Crippen LogP contribution in [0.3, 0.4) is 0 Å². The summed E-state index contributed by atoms with van der Waals surface area (Å²) in [6, 6.07) is 2.13. The van der Waals surface area contributed by atoms with E-state index in [0.717, 1.165) is 16.6 Å². The van der Waals surface area contributed by atoms with Crippen LogP contribution in [0.25, 0.3) is 10.4 Å². The first kappa shape index (κ1) is 11.8. The zero-order valence-corrected chi connectivity index (χ0v) is 11.7. The van der Waals surface area contributed by atoms with Crippen LogP contribution in [-0.4, -0.2) is 16.3 Å². The largest absolute Gasteiger partial charge is 0.330 e. The lowest BCUT2D eigenvalue weighted by Crippen LogP contribution is -2.04. The fourth-order valence-electron chi connectivity index (χ4n) is 1.75. The van der Waals surface area contributed by atoms with E-state index in [1.165, 1.54) is 16.1 Å². The maximum absolute atomic E-state index is 5.62. The smallest absolute Gasteiger partial charge is 0.0726 e. The molecule has 0 radical (unpaired) electrons. The minimum absolute atomic E-state index is 0.635. The molecule has 2 heterocycles. The Bertz CT molecular complexity index is 501. The number of hydrogen-bond donors (Lipinski definition) is 1. The van der Waals surface area contributed by atoms with Gasteiger partial charge in [0.15, 0.2) is 0 Å². The van der Waals surface area contributed by atoms with E-state index in [1.54, 1.807) is 11.3 Å². The van der Waals surface area contributed by atoms with E-state index in [4.69, 9.17) is 5.73 Å². The van der Waals surface area contributed by atoms with Gasteiger partial charge in [0, 0.05) is 39.5 Å². The van der Waals surface area contributed by atoms with Gasteiger partial charge in [-0.2, -0.15) is 5.10 Å².